The first-order valence-electron chi connectivity index (χ1n) is 8.71. The monoisotopic (exact) mass is 376 g/mol. The normalized spacial score (nSPS) is 15.4. The highest BCUT2D eigenvalue weighted by molar-refractivity contribution is 7.14. The van der Waals surface area contributed by atoms with Crippen LogP contribution in [0, 0.1) is 5.82 Å². The smallest absolute Gasteiger partial charge is 0.194 e. The van der Waals surface area contributed by atoms with Crippen molar-refractivity contribution in [3.05, 3.63) is 52.7 Å². The van der Waals surface area contributed by atoms with Crippen LogP contribution in [0.5, 0.6) is 0 Å². The van der Waals surface area contributed by atoms with Crippen molar-refractivity contribution in [3.63, 3.8) is 0 Å². The lowest BCUT2D eigenvalue weighted by Gasteiger charge is -2.37. The van der Waals surface area contributed by atoms with Crippen LogP contribution in [0.1, 0.15) is 11.1 Å². The highest BCUT2D eigenvalue weighted by Gasteiger charge is 2.20. The average molecular weight is 377 g/mol. The van der Waals surface area contributed by atoms with Gasteiger partial charge in [-0.1, -0.05) is 6.07 Å². The molecule has 26 heavy (non-hydrogen) atoms. The third kappa shape index (κ3) is 4.53. The Kier molecular flexibility index (Phi) is 6.46. The summed E-state index contributed by atoms with van der Waals surface area (Å²) < 4.78 is 18.8. The summed E-state index contributed by atoms with van der Waals surface area (Å²) in [5.41, 5.74) is 1.59. The van der Waals surface area contributed by atoms with Gasteiger partial charge < -0.3 is 19.9 Å². The number of benzene rings is 1. The lowest BCUT2D eigenvalue weighted by molar-refractivity contribution is 0.181. The van der Waals surface area contributed by atoms with Crippen LogP contribution < -0.4 is 10.2 Å². The summed E-state index contributed by atoms with van der Waals surface area (Å²) in [6.07, 6.45) is 0. The Morgan fingerprint density at radius 1 is 1.27 bits per heavy atom. The highest BCUT2D eigenvalue weighted by Crippen LogP contribution is 2.22. The van der Waals surface area contributed by atoms with Gasteiger partial charge in [-0.2, -0.15) is 0 Å². The molecule has 2 aromatic rings. The van der Waals surface area contributed by atoms with Crippen LogP contribution in [0.3, 0.4) is 0 Å². The number of nitrogens with one attached hydrogen (secondary N) is 1. The Morgan fingerprint density at radius 2 is 2.08 bits per heavy atom. The Balaban J connectivity index is 1.55. The summed E-state index contributed by atoms with van der Waals surface area (Å²) in [6, 6.07) is 9.39. The van der Waals surface area contributed by atoms with Crippen molar-refractivity contribution < 1.29 is 9.13 Å². The number of piperazine rings is 1. The van der Waals surface area contributed by atoms with Gasteiger partial charge in [0.1, 0.15) is 5.82 Å². The molecule has 1 aromatic carbocycles. The maximum atomic E-state index is 13.7. The van der Waals surface area contributed by atoms with E-state index in [0.717, 1.165) is 37.7 Å². The molecule has 0 unspecified atom stereocenters. The highest BCUT2D eigenvalue weighted by atomic mass is 32.1. The Bertz CT molecular complexity index is 727. The van der Waals surface area contributed by atoms with Crippen molar-refractivity contribution in [1.29, 1.82) is 0 Å². The zero-order valence-corrected chi connectivity index (χ0v) is 16.1. The SMILES string of the molecule is CN=C(NCc1ccc(F)c(COC)c1)N1CCN(c2cccs2)CC1. The molecule has 1 aliphatic rings. The van der Waals surface area contributed by atoms with E-state index in [1.807, 2.05) is 6.07 Å². The third-order valence-electron chi connectivity index (χ3n) is 4.47. The summed E-state index contributed by atoms with van der Waals surface area (Å²) >= 11 is 1.78. The Hall–Kier alpha value is -2.12. The fourth-order valence-corrected chi connectivity index (χ4v) is 3.89. The molecule has 0 amide bonds. The molecule has 0 radical (unpaired) electrons. The van der Waals surface area contributed by atoms with E-state index in [1.54, 1.807) is 31.6 Å². The minimum absolute atomic E-state index is 0.232. The van der Waals surface area contributed by atoms with E-state index in [1.165, 1.54) is 11.1 Å². The Labute approximate surface area is 158 Å². The van der Waals surface area contributed by atoms with Gasteiger partial charge in [-0.3, -0.25) is 4.99 Å². The average Bonchev–Trinajstić information content (AvgIpc) is 3.20. The second kappa shape index (κ2) is 9.00. The van der Waals surface area contributed by atoms with Gasteiger partial charge in [-0.05, 0) is 35.2 Å². The zero-order chi connectivity index (χ0) is 18.4. The number of rotatable bonds is 5. The molecular weight excluding hydrogens is 351 g/mol. The fraction of sp³-hybridized carbons (Fsp3) is 0.421. The molecule has 1 N–H and O–H groups in total. The van der Waals surface area contributed by atoms with Crippen LogP contribution in [0.25, 0.3) is 0 Å². The van der Waals surface area contributed by atoms with E-state index >= 15 is 0 Å². The van der Waals surface area contributed by atoms with Crippen LogP contribution in [-0.2, 0) is 17.9 Å². The summed E-state index contributed by atoms with van der Waals surface area (Å²) in [6.45, 7) is 4.70. The molecule has 1 saturated heterocycles. The van der Waals surface area contributed by atoms with Gasteiger partial charge in [0.25, 0.3) is 0 Å². The molecule has 0 aliphatic carbocycles. The lowest BCUT2D eigenvalue weighted by atomic mass is 10.1. The van der Waals surface area contributed by atoms with Crippen molar-refractivity contribution in [2.75, 3.05) is 45.2 Å². The second-order valence-corrected chi connectivity index (χ2v) is 7.11. The second-order valence-electron chi connectivity index (χ2n) is 6.18. The van der Waals surface area contributed by atoms with Gasteiger partial charge in [0.05, 0.1) is 11.6 Å². The van der Waals surface area contributed by atoms with Crippen molar-refractivity contribution >= 4 is 22.3 Å². The predicted molar refractivity (Wildman–Crippen MR) is 105 cm³/mol. The Morgan fingerprint density at radius 3 is 2.73 bits per heavy atom. The van der Waals surface area contributed by atoms with Crippen LogP contribution in [0.15, 0.2) is 40.7 Å². The standard InChI is InChI=1S/C19H25FN4OS/c1-21-19(22-13-15-5-6-17(20)16(12-15)14-25-2)24-9-7-23(8-10-24)18-4-3-11-26-18/h3-6,11-12H,7-10,13-14H2,1-2H3,(H,21,22). The van der Waals surface area contributed by atoms with Gasteiger partial charge in [0.2, 0.25) is 0 Å². The topological polar surface area (TPSA) is 40.1 Å². The number of thiophene rings is 1. The number of guanidine groups is 1. The summed E-state index contributed by atoms with van der Waals surface area (Å²) in [5, 5.41) is 6.83. The molecular formula is C19H25FN4OS. The largest absolute Gasteiger partial charge is 0.380 e. The first kappa shape index (κ1) is 18.7. The van der Waals surface area contributed by atoms with E-state index in [9.17, 15) is 4.39 Å². The molecule has 5 nitrogen and oxygen atoms in total. The number of aliphatic imine (C=N–C) groups is 1. The molecule has 7 heteroatoms. The van der Waals surface area contributed by atoms with Crippen LogP contribution in [0.2, 0.25) is 0 Å². The van der Waals surface area contributed by atoms with Crippen LogP contribution in [-0.4, -0.2) is 51.2 Å². The molecule has 140 valence electrons. The zero-order valence-electron chi connectivity index (χ0n) is 15.2. The quantitative estimate of drug-likeness (QED) is 0.643. The van der Waals surface area contributed by atoms with Crippen LogP contribution in [0.4, 0.5) is 9.39 Å². The van der Waals surface area contributed by atoms with Crippen molar-refractivity contribution in [1.82, 2.24) is 10.2 Å². The summed E-state index contributed by atoms with van der Waals surface area (Å²) in [5.74, 6) is 0.651. The molecule has 1 aromatic heterocycles. The van der Waals surface area contributed by atoms with Crippen molar-refractivity contribution in [3.8, 4) is 0 Å². The number of halogens is 1. The molecule has 0 spiro atoms. The molecule has 0 bridgehead atoms. The van der Waals surface area contributed by atoms with Crippen molar-refractivity contribution in [2.24, 2.45) is 4.99 Å². The number of ether oxygens (including phenoxy) is 1. The molecule has 1 fully saturated rings. The molecule has 0 atom stereocenters. The number of hydrogen-bond donors (Lipinski definition) is 1. The third-order valence-corrected chi connectivity index (χ3v) is 5.40. The number of methoxy groups -OCH3 is 1. The lowest BCUT2D eigenvalue weighted by Crippen LogP contribution is -2.52. The van der Waals surface area contributed by atoms with E-state index in [-0.39, 0.29) is 12.4 Å². The molecule has 0 saturated carbocycles. The van der Waals surface area contributed by atoms with E-state index in [2.05, 4.69) is 37.6 Å². The van der Waals surface area contributed by atoms with Crippen molar-refractivity contribution in [2.45, 2.75) is 13.2 Å². The maximum Gasteiger partial charge on any atom is 0.194 e. The van der Waals surface area contributed by atoms with Gasteiger partial charge >= 0.3 is 0 Å². The molecule has 3 rings (SSSR count). The first-order valence-corrected chi connectivity index (χ1v) is 9.59. The van der Waals surface area contributed by atoms with E-state index in [4.69, 9.17) is 4.74 Å². The maximum absolute atomic E-state index is 13.7. The van der Waals surface area contributed by atoms with Gasteiger partial charge in [0.15, 0.2) is 5.96 Å². The molecule has 2 heterocycles. The summed E-state index contributed by atoms with van der Waals surface area (Å²) in [4.78, 5) is 9.08. The minimum atomic E-state index is -0.232. The van der Waals surface area contributed by atoms with E-state index in [0.29, 0.717) is 12.1 Å². The van der Waals surface area contributed by atoms with E-state index < -0.39 is 0 Å². The minimum Gasteiger partial charge on any atom is -0.380 e. The predicted octanol–water partition coefficient (Wildman–Crippen LogP) is 2.93. The molecule has 1 aliphatic heterocycles. The van der Waals surface area contributed by atoms with Gasteiger partial charge in [-0.15, -0.1) is 11.3 Å². The number of anilines is 1. The summed E-state index contributed by atoms with van der Waals surface area (Å²) in [7, 11) is 3.37. The van der Waals surface area contributed by atoms with Gasteiger partial charge in [0, 0.05) is 52.4 Å². The fourth-order valence-electron chi connectivity index (χ4n) is 3.11. The van der Waals surface area contributed by atoms with Crippen LogP contribution >= 0.6 is 11.3 Å². The number of nitrogens with zero attached hydrogens (tertiary/aromatic N) is 3. The number of hydrogen-bond acceptors (Lipinski definition) is 4. The van der Waals surface area contributed by atoms with Gasteiger partial charge in [-0.25, -0.2) is 4.39 Å². The first-order chi connectivity index (χ1) is 12.7.